The second-order valence-electron chi connectivity index (χ2n) is 2.54. The molecule has 3 nitrogen and oxygen atoms in total. The van der Waals surface area contributed by atoms with Crippen molar-refractivity contribution in [2.75, 3.05) is 0 Å². The molecule has 6 heteroatoms. The van der Waals surface area contributed by atoms with E-state index in [9.17, 15) is 0 Å². The predicted octanol–water partition coefficient (Wildman–Crippen LogP) is 3.34. The van der Waals surface area contributed by atoms with Gasteiger partial charge in [0.15, 0.2) is 4.73 Å². The highest BCUT2D eigenvalue weighted by molar-refractivity contribution is 9.10. The average Bonchev–Trinajstić information content (AvgIpc) is 2.57. The van der Waals surface area contributed by atoms with E-state index in [0.29, 0.717) is 14.8 Å². The molecular formula is C8H4BrCl2N3. The van der Waals surface area contributed by atoms with Crippen molar-refractivity contribution in [3.8, 4) is 5.69 Å². The zero-order chi connectivity index (χ0) is 10.1. The number of hydrogen-bond donors (Lipinski definition) is 0. The summed E-state index contributed by atoms with van der Waals surface area (Å²) in [4.78, 5) is 3.94. The number of nitrogens with zero attached hydrogens (tertiary/aromatic N) is 3. The molecule has 0 aliphatic rings. The van der Waals surface area contributed by atoms with Crippen molar-refractivity contribution in [3.05, 3.63) is 39.3 Å². The lowest BCUT2D eigenvalue weighted by molar-refractivity contribution is 0.856. The molecule has 0 bridgehead atoms. The summed E-state index contributed by atoms with van der Waals surface area (Å²) in [5, 5.41) is 5.03. The summed E-state index contributed by atoms with van der Waals surface area (Å²) in [6.45, 7) is 0. The maximum atomic E-state index is 5.87. The highest BCUT2D eigenvalue weighted by Crippen LogP contribution is 2.25. The van der Waals surface area contributed by atoms with Crippen LogP contribution in [0.4, 0.5) is 0 Å². The van der Waals surface area contributed by atoms with Crippen molar-refractivity contribution in [1.29, 1.82) is 0 Å². The monoisotopic (exact) mass is 291 g/mol. The maximum absolute atomic E-state index is 5.87. The van der Waals surface area contributed by atoms with E-state index in [0.717, 1.165) is 5.69 Å². The van der Waals surface area contributed by atoms with Crippen molar-refractivity contribution in [2.45, 2.75) is 0 Å². The van der Waals surface area contributed by atoms with Crippen molar-refractivity contribution >= 4 is 39.1 Å². The molecule has 0 N–H and O–H groups in total. The van der Waals surface area contributed by atoms with E-state index in [2.05, 4.69) is 26.0 Å². The van der Waals surface area contributed by atoms with Gasteiger partial charge in [0.1, 0.15) is 6.33 Å². The van der Waals surface area contributed by atoms with Gasteiger partial charge in [-0.1, -0.05) is 23.2 Å². The SMILES string of the molecule is Clc1ccc(-n2ncnc2Br)cc1Cl. The molecule has 1 aromatic heterocycles. The molecule has 14 heavy (non-hydrogen) atoms. The standard InChI is InChI=1S/C8H4BrCl2N3/c9-8-12-4-13-14(8)5-1-2-6(10)7(11)3-5/h1-4H. The molecule has 0 spiro atoms. The van der Waals surface area contributed by atoms with Gasteiger partial charge in [-0.3, -0.25) is 0 Å². The Bertz CT molecular complexity index is 469. The van der Waals surface area contributed by atoms with Crippen LogP contribution >= 0.6 is 39.1 Å². The lowest BCUT2D eigenvalue weighted by Gasteiger charge is -2.03. The number of hydrogen-bond acceptors (Lipinski definition) is 2. The second kappa shape index (κ2) is 3.88. The molecule has 0 amide bonds. The van der Waals surface area contributed by atoms with Crippen molar-refractivity contribution in [3.63, 3.8) is 0 Å². The highest BCUT2D eigenvalue weighted by atomic mass is 79.9. The number of rotatable bonds is 1. The van der Waals surface area contributed by atoms with Crippen LogP contribution in [0.2, 0.25) is 10.0 Å². The molecule has 1 heterocycles. The molecule has 0 unspecified atom stereocenters. The third-order valence-corrected chi connectivity index (χ3v) is 2.93. The van der Waals surface area contributed by atoms with Crippen LogP contribution in [-0.4, -0.2) is 14.8 Å². The Hall–Kier alpha value is -0.580. The molecule has 0 saturated heterocycles. The van der Waals surface area contributed by atoms with Gasteiger partial charge in [-0.2, -0.15) is 5.10 Å². The Morgan fingerprint density at radius 3 is 2.57 bits per heavy atom. The molecule has 0 aliphatic heterocycles. The first-order valence-corrected chi connectivity index (χ1v) is 5.24. The van der Waals surface area contributed by atoms with E-state index >= 15 is 0 Å². The van der Waals surface area contributed by atoms with Gasteiger partial charge in [-0.25, -0.2) is 9.67 Å². The largest absolute Gasteiger partial charge is 0.209 e. The Kier molecular flexibility index (Phi) is 2.76. The zero-order valence-corrected chi connectivity index (χ0v) is 9.88. The maximum Gasteiger partial charge on any atom is 0.199 e. The summed E-state index contributed by atoms with van der Waals surface area (Å²) < 4.78 is 2.23. The van der Waals surface area contributed by atoms with Crippen LogP contribution in [0.25, 0.3) is 5.69 Å². The van der Waals surface area contributed by atoms with Gasteiger partial charge in [-0.05, 0) is 34.1 Å². The number of aromatic nitrogens is 3. The molecule has 0 fully saturated rings. The first-order chi connectivity index (χ1) is 6.68. The summed E-state index contributed by atoms with van der Waals surface area (Å²) >= 11 is 14.9. The van der Waals surface area contributed by atoms with Crippen LogP contribution in [0.1, 0.15) is 0 Å². The molecule has 0 atom stereocenters. The van der Waals surface area contributed by atoms with E-state index in [1.54, 1.807) is 16.8 Å². The fourth-order valence-corrected chi connectivity index (χ4v) is 1.70. The Morgan fingerprint density at radius 2 is 2.00 bits per heavy atom. The van der Waals surface area contributed by atoms with Gasteiger partial charge in [0.25, 0.3) is 0 Å². The quantitative estimate of drug-likeness (QED) is 0.807. The van der Waals surface area contributed by atoms with E-state index in [1.165, 1.54) is 6.33 Å². The van der Waals surface area contributed by atoms with Crippen molar-refractivity contribution in [2.24, 2.45) is 0 Å². The first kappa shape index (κ1) is 9.96. The molecule has 0 aliphatic carbocycles. The molecule has 2 aromatic rings. The van der Waals surface area contributed by atoms with Crippen molar-refractivity contribution < 1.29 is 0 Å². The minimum Gasteiger partial charge on any atom is -0.209 e. The van der Waals surface area contributed by atoms with E-state index in [4.69, 9.17) is 23.2 Å². The molecular weight excluding hydrogens is 289 g/mol. The smallest absolute Gasteiger partial charge is 0.199 e. The van der Waals surface area contributed by atoms with Crippen LogP contribution in [0, 0.1) is 0 Å². The van der Waals surface area contributed by atoms with Crippen LogP contribution in [0.5, 0.6) is 0 Å². The molecule has 72 valence electrons. The minimum atomic E-state index is 0.492. The lowest BCUT2D eigenvalue weighted by Crippen LogP contribution is -1.96. The zero-order valence-electron chi connectivity index (χ0n) is 6.78. The summed E-state index contributed by atoms with van der Waals surface area (Å²) in [5.41, 5.74) is 0.809. The normalized spacial score (nSPS) is 10.5. The van der Waals surface area contributed by atoms with Crippen molar-refractivity contribution in [1.82, 2.24) is 14.8 Å². The summed E-state index contributed by atoms with van der Waals surface area (Å²) in [6.07, 6.45) is 1.45. The van der Waals surface area contributed by atoms with Gasteiger partial charge < -0.3 is 0 Å². The van der Waals surface area contributed by atoms with Crippen LogP contribution < -0.4 is 0 Å². The molecule has 0 radical (unpaired) electrons. The fraction of sp³-hybridized carbons (Fsp3) is 0. The van der Waals surface area contributed by atoms with Gasteiger partial charge in [-0.15, -0.1) is 0 Å². The minimum absolute atomic E-state index is 0.492. The Balaban J connectivity index is 2.53. The fourth-order valence-electron chi connectivity index (χ4n) is 1.02. The van der Waals surface area contributed by atoms with E-state index < -0.39 is 0 Å². The van der Waals surface area contributed by atoms with Gasteiger partial charge >= 0.3 is 0 Å². The first-order valence-electron chi connectivity index (χ1n) is 3.69. The topological polar surface area (TPSA) is 30.7 Å². The Labute approximate surface area is 98.8 Å². The van der Waals surface area contributed by atoms with E-state index in [1.807, 2.05) is 6.07 Å². The number of halogens is 3. The third-order valence-electron chi connectivity index (χ3n) is 1.65. The predicted molar refractivity (Wildman–Crippen MR) is 59.1 cm³/mol. The number of benzene rings is 1. The Morgan fingerprint density at radius 1 is 1.21 bits per heavy atom. The average molecular weight is 293 g/mol. The molecule has 0 saturated carbocycles. The summed E-state index contributed by atoms with van der Waals surface area (Å²) in [7, 11) is 0. The second-order valence-corrected chi connectivity index (χ2v) is 4.06. The molecule has 1 aromatic carbocycles. The van der Waals surface area contributed by atoms with Crippen LogP contribution in [0.15, 0.2) is 29.3 Å². The van der Waals surface area contributed by atoms with E-state index in [-0.39, 0.29) is 0 Å². The van der Waals surface area contributed by atoms with Gasteiger partial charge in [0.2, 0.25) is 0 Å². The third kappa shape index (κ3) is 1.78. The summed E-state index contributed by atoms with van der Waals surface area (Å²) in [6, 6.07) is 5.25. The highest BCUT2D eigenvalue weighted by Gasteiger charge is 2.05. The lowest BCUT2D eigenvalue weighted by atomic mass is 10.3. The van der Waals surface area contributed by atoms with Gasteiger partial charge in [0, 0.05) is 0 Å². The van der Waals surface area contributed by atoms with Gasteiger partial charge in [0.05, 0.1) is 15.7 Å². The van der Waals surface area contributed by atoms with Crippen LogP contribution in [-0.2, 0) is 0 Å². The van der Waals surface area contributed by atoms with Crippen LogP contribution in [0.3, 0.4) is 0 Å². The summed E-state index contributed by atoms with van der Waals surface area (Å²) in [5.74, 6) is 0. The molecule has 2 rings (SSSR count).